The van der Waals surface area contributed by atoms with Gasteiger partial charge in [0.25, 0.3) is 5.91 Å². The van der Waals surface area contributed by atoms with E-state index < -0.39 is 0 Å². The van der Waals surface area contributed by atoms with Crippen molar-refractivity contribution in [3.05, 3.63) is 107 Å². The molecule has 0 aliphatic rings. The highest BCUT2D eigenvalue weighted by atomic mass is 19.1. The zero-order chi connectivity index (χ0) is 21.8. The smallest absolute Gasteiger partial charge is 0.251 e. The van der Waals surface area contributed by atoms with E-state index in [0.29, 0.717) is 18.7 Å². The van der Waals surface area contributed by atoms with Crippen molar-refractivity contribution in [3.8, 4) is 0 Å². The molecule has 0 bridgehead atoms. The lowest BCUT2D eigenvalue weighted by atomic mass is 10.1. The monoisotopic (exact) mass is 414 g/mol. The van der Waals surface area contributed by atoms with E-state index in [1.54, 1.807) is 0 Å². The molecule has 31 heavy (non-hydrogen) atoms. The lowest BCUT2D eigenvalue weighted by Crippen LogP contribution is -2.24. The van der Waals surface area contributed by atoms with Gasteiger partial charge in [0, 0.05) is 35.2 Å². The molecule has 3 nitrogen and oxygen atoms in total. The van der Waals surface area contributed by atoms with Gasteiger partial charge in [0.2, 0.25) is 0 Å². The molecule has 0 saturated carbocycles. The summed E-state index contributed by atoms with van der Waals surface area (Å²) in [7, 11) is 0. The van der Waals surface area contributed by atoms with Gasteiger partial charge in [0.15, 0.2) is 0 Å². The van der Waals surface area contributed by atoms with Crippen molar-refractivity contribution in [2.24, 2.45) is 0 Å². The van der Waals surface area contributed by atoms with Crippen LogP contribution in [-0.2, 0) is 13.0 Å². The molecule has 0 spiro atoms. The average Bonchev–Trinajstić information content (AvgIpc) is 3.03. The number of aromatic nitrogens is 1. The largest absolute Gasteiger partial charge is 0.352 e. The minimum atomic E-state index is -0.228. The predicted molar refractivity (Wildman–Crippen MR) is 124 cm³/mol. The van der Waals surface area contributed by atoms with Gasteiger partial charge >= 0.3 is 0 Å². The third-order valence-electron chi connectivity index (χ3n) is 5.93. The number of nitrogens with one attached hydrogen (secondary N) is 1. The molecule has 0 aliphatic heterocycles. The molecule has 1 amide bonds. The minimum Gasteiger partial charge on any atom is -0.352 e. The maximum absolute atomic E-state index is 13.2. The molecular weight excluding hydrogens is 387 g/mol. The van der Waals surface area contributed by atoms with Crippen LogP contribution in [0.2, 0.25) is 0 Å². The number of nitrogens with zero attached hydrogens (tertiary/aromatic N) is 1. The van der Waals surface area contributed by atoms with Gasteiger partial charge in [-0.1, -0.05) is 42.5 Å². The van der Waals surface area contributed by atoms with Crippen LogP contribution in [0.1, 0.15) is 39.2 Å². The van der Waals surface area contributed by atoms with E-state index in [1.807, 2.05) is 48.5 Å². The van der Waals surface area contributed by atoms with Crippen LogP contribution in [0.5, 0.6) is 0 Å². The Kier molecular flexibility index (Phi) is 6.17. The fourth-order valence-corrected chi connectivity index (χ4v) is 4.01. The number of hydrogen-bond acceptors (Lipinski definition) is 1. The molecular formula is C27H27FN2O. The number of halogens is 1. The van der Waals surface area contributed by atoms with Crippen LogP contribution in [0.4, 0.5) is 4.39 Å². The lowest BCUT2D eigenvalue weighted by molar-refractivity contribution is 0.0953. The van der Waals surface area contributed by atoms with Crippen molar-refractivity contribution in [1.29, 1.82) is 0 Å². The van der Waals surface area contributed by atoms with E-state index in [4.69, 9.17) is 0 Å². The summed E-state index contributed by atoms with van der Waals surface area (Å²) in [6.07, 6.45) is 1.86. The summed E-state index contributed by atoms with van der Waals surface area (Å²) in [5.74, 6) is -0.272. The quantitative estimate of drug-likeness (QED) is 0.381. The molecule has 4 rings (SSSR count). The topological polar surface area (TPSA) is 34.0 Å². The second kappa shape index (κ2) is 9.17. The summed E-state index contributed by atoms with van der Waals surface area (Å²) in [6.45, 7) is 5.49. The fraction of sp³-hybridized carbons (Fsp3) is 0.222. The molecule has 3 aromatic carbocycles. The van der Waals surface area contributed by atoms with Gasteiger partial charge in [-0.15, -0.1) is 0 Å². The number of fused-ring (bicyclic) bond motifs is 1. The molecule has 0 radical (unpaired) electrons. The first-order valence-corrected chi connectivity index (χ1v) is 10.7. The zero-order valence-electron chi connectivity index (χ0n) is 18.0. The van der Waals surface area contributed by atoms with E-state index in [2.05, 4.69) is 35.9 Å². The van der Waals surface area contributed by atoms with Crippen molar-refractivity contribution < 1.29 is 9.18 Å². The number of benzene rings is 3. The predicted octanol–water partition coefficient (Wildman–Crippen LogP) is 5.81. The van der Waals surface area contributed by atoms with Crippen molar-refractivity contribution >= 4 is 16.8 Å². The SMILES string of the molecule is Cc1c(C)n(Cc2ccc(F)cc2)c2ccc(C(=O)NCCCc3ccccc3)cc12. The van der Waals surface area contributed by atoms with Crippen molar-refractivity contribution in [3.63, 3.8) is 0 Å². The second-order valence-corrected chi connectivity index (χ2v) is 8.00. The minimum absolute atomic E-state index is 0.0432. The number of hydrogen-bond donors (Lipinski definition) is 1. The molecule has 4 heteroatoms. The molecule has 1 N–H and O–H groups in total. The maximum atomic E-state index is 13.2. The fourth-order valence-electron chi connectivity index (χ4n) is 4.01. The first-order chi connectivity index (χ1) is 15.0. The molecule has 0 aliphatic carbocycles. The summed E-state index contributed by atoms with van der Waals surface area (Å²) in [4.78, 5) is 12.7. The maximum Gasteiger partial charge on any atom is 0.251 e. The van der Waals surface area contributed by atoms with Gasteiger partial charge in [-0.2, -0.15) is 0 Å². The van der Waals surface area contributed by atoms with E-state index >= 15 is 0 Å². The van der Waals surface area contributed by atoms with Crippen LogP contribution in [0.3, 0.4) is 0 Å². The van der Waals surface area contributed by atoms with E-state index in [1.165, 1.54) is 17.7 Å². The highest BCUT2D eigenvalue weighted by Gasteiger charge is 2.14. The number of amides is 1. The Balaban J connectivity index is 1.46. The first kappa shape index (κ1) is 20.9. The van der Waals surface area contributed by atoms with Gasteiger partial charge in [-0.25, -0.2) is 4.39 Å². The van der Waals surface area contributed by atoms with Crippen LogP contribution in [0, 0.1) is 19.7 Å². The summed E-state index contributed by atoms with van der Waals surface area (Å²) in [6, 6.07) is 22.8. The molecule has 0 atom stereocenters. The van der Waals surface area contributed by atoms with Crippen LogP contribution < -0.4 is 5.32 Å². The average molecular weight is 415 g/mol. The Morgan fingerprint density at radius 3 is 2.42 bits per heavy atom. The van der Waals surface area contributed by atoms with Crippen LogP contribution in [0.25, 0.3) is 10.9 Å². The standard InChI is InChI=1S/C27H27FN2O/c1-19-20(2)30(18-22-10-13-24(28)14-11-22)26-15-12-23(17-25(19)26)27(31)29-16-6-9-21-7-4-3-5-8-21/h3-5,7-8,10-15,17H,6,9,16,18H2,1-2H3,(H,29,31). The van der Waals surface area contributed by atoms with Crippen LogP contribution in [-0.4, -0.2) is 17.0 Å². The third kappa shape index (κ3) is 4.69. The summed E-state index contributed by atoms with van der Waals surface area (Å²) in [5.41, 5.74) is 6.40. The van der Waals surface area contributed by atoms with Gasteiger partial charge in [0.1, 0.15) is 5.82 Å². The molecule has 4 aromatic rings. The van der Waals surface area contributed by atoms with Gasteiger partial charge in [0.05, 0.1) is 0 Å². The number of aryl methyl sites for hydroxylation is 2. The van der Waals surface area contributed by atoms with E-state index in [-0.39, 0.29) is 11.7 Å². The Labute approximate surface area is 182 Å². The van der Waals surface area contributed by atoms with Crippen LogP contribution in [0.15, 0.2) is 72.8 Å². The van der Waals surface area contributed by atoms with Gasteiger partial charge in [-0.3, -0.25) is 4.79 Å². The highest BCUT2D eigenvalue weighted by molar-refractivity contribution is 5.99. The summed E-state index contributed by atoms with van der Waals surface area (Å²) in [5, 5.41) is 4.12. The summed E-state index contributed by atoms with van der Waals surface area (Å²) < 4.78 is 15.5. The van der Waals surface area contributed by atoms with Gasteiger partial charge in [-0.05, 0) is 73.7 Å². The number of carbonyl (C=O) groups is 1. The Hall–Kier alpha value is -3.40. The first-order valence-electron chi connectivity index (χ1n) is 10.7. The number of carbonyl (C=O) groups excluding carboxylic acids is 1. The van der Waals surface area contributed by atoms with E-state index in [0.717, 1.165) is 40.6 Å². The molecule has 0 saturated heterocycles. The molecule has 1 aromatic heterocycles. The highest BCUT2D eigenvalue weighted by Crippen LogP contribution is 2.27. The van der Waals surface area contributed by atoms with Crippen LogP contribution >= 0.6 is 0 Å². The molecule has 1 heterocycles. The lowest BCUT2D eigenvalue weighted by Gasteiger charge is -2.09. The van der Waals surface area contributed by atoms with Gasteiger partial charge < -0.3 is 9.88 Å². The Morgan fingerprint density at radius 2 is 1.68 bits per heavy atom. The molecule has 0 unspecified atom stereocenters. The van der Waals surface area contributed by atoms with E-state index in [9.17, 15) is 9.18 Å². The molecule has 158 valence electrons. The summed E-state index contributed by atoms with van der Waals surface area (Å²) >= 11 is 0. The number of rotatable bonds is 7. The van der Waals surface area contributed by atoms with Crippen molar-refractivity contribution in [2.45, 2.75) is 33.2 Å². The Bertz CT molecular complexity index is 1190. The normalized spacial score (nSPS) is 11.1. The van der Waals surface area contributed by atoms with Crippen molar-refractivity contribution in [1.82, 2.24) is 9.88 Å². The van der Waals surface area contributed by atoms with Crippen molar-refractivity contribution in [2.75, 3.05) is 6.54 Å². The third-order valence-corrected chi connectivity index (χ3v) is 5.93. The Morgan fingerprint density at radius 1 is 0.935 bits per heavy atom. The molecule has 0 fully saturated rings. The second-order valence-electron chi connectivity index (χ2n) is 8.00. The zero-order valence-corrected chi connectivity index (χ0v) is 18.0.